The Balaban J connectivity index is 2.50. The first kappa shape index (κ1) is 15.9. The van der Waals surface area contributed by atoms with E-state index < -0.39 is 0 Å². The summed E-state index contributed by atoms with van der Waals surface area (Å²) >= 11 is 12.0. The zero-order chi connectivity index (χ0) is 15.9. The standard InChI is InChI=1S/C18H10Cl2N2/c19-16-8-5-13(6-9-16)17(15(11-21)12-22)10-7-14-3-1-2-4-18(14)20/h1-10H/b10-7+. The molecule has 106 valence electrons. The molecule has 0 aliphatic carbocycles. The predicted octanol–water partition coefficient (Wildman–Crippen LogP) is 5.51. The molecule has 0 aliphatic rings. The molecular weight excluding hydrogens is 315 g/mol. The van der Waals surface area contributed by atoms with Crippen LogP contribution >= 0.6 is 23.2 Å². The maximum atomic E-state index is 9.15. The molecule has 4 heteroatoms. The number of nitriles is 2. The van der Waals surface area contributed by atoms with Crippen molar-refractivity contribution in [3.8, 4) is 12.1 Å². The van der Waals surface area contributed by atoms with Gasteiger partial charge in [0.1, 0.15) is 17.7 Å². The third kappa shape index (κ3) is 3.77. The van der Waals surface area contributed by atoms with Crippen LogP contribution in [0.1, 0.15) is 11.1 Å². The summed E-state index contributed by atoms with van der Waals surface area (Å²) in [6.45, 7) is 0. The Morgan fingerprint density at radius 3 is 2.14 bits per heavy atom. The largest absolute Gasteiger partial charge is 0.192 e. The van der Waals surface area contributed by atoms with Gasteiger partial charge in [0.2, 0.25) is 0 Å². The van der Waals surface area contributed by atoms with Gasteiger partial charge in [-0.15, -0.1) is 0 Å². The number of hydrogen-bond acceptors (Lipinski definition) is 2. The van der Waals surface area contributed by atoms with E-state index in [0.717, 1.165) is 11.1 Å². The Labute approximate surface area is 139 Å². The molecule has 0 spiro atoms. The van der Waals surface area contributed by atoms with E-state index >= 15 is 0 Å². The quantitative estimate of drug-likeness (QED) is 0.552. The van der Waals surface area contributed by atoms with E-state index in [4.69, 9.17) is 33.7 Å². The van der Waals surface area contributed by atoms with E-state index in [-0.39, 0.29) is 5.57 Å². The SMILES string of the molecule is N#CC(C#N)=C(/C=C/c1ccccc1Cl)c1ccc(Cl)cc1. The minimum absolute atomic E-state index is 0.0330. The normalized spacial score (nSPS) is 10.0. The Bertz CT molecular complexity index is 803. The fraction of sp³-hybridized carbons (Fsp3) is 0. The van der Waals surface area contributed by atoms with Crippen LogP contribution in [-0.4, -0.2) is 0 Å². The maximum Gasteiger partial charge on any atom is 0.137 e. The molecule has 0 radical (unpaired) electrons. The summed E-state index contributed by atoms with van der Waals surface area (Å²) in [6.07, 6.45) is 3.49. The van der Waals surface area contributed by atoms with E-state index in [1.165, 1.54) is 0 Å². The zero-order valence-electron chi connectivity index (χ0n) is 11.4. The molecule has 2 aromatic carbocycles. The fourth-order valence-corrected chi connectivity index (χ4v) is 2.21. The van der Waals surface area contributed by atoms with Gasteiger partial charge in [0.25, 0.3) is 0 Å². The molecule has 0 unspecified atom stereocenters. The molecule has 0 saturated heterocycles. The van der Waals surface area contributed by atoms with Crippen LogP contribution < -0.4 is 0 Å². The van der Waals surface area contributed by atoms with Crippen molar-refractivity contribution in [2.45, 2.75) is 0 Å². The second-order valence-corrected chi connectivity index (χ2v) is 5.22. The first-order chi connectivity index (χ1) is 10.7. The summed E-state index contributed by atoms with van der Waals surface area (Å²) in [5.41, 5.74) is 2.11. The summed E-state index contributed by atoms with van der Waals surface area (Å²) in [6, 6.07) is 18.1. The molecule has 0 saturated carbocycles. The molecule has 0 N–H and O–H groups in total. The van der Waals surface area contributed by atoms with E-state index in [1.807, 2.05) is 30.3 Å². The summed E-state index contributed by atoms with van der Waals surface area (Å²) in [5, 5.41) is 19.5. The van der Waals surface area contributed by atoms with Crippen LogP contribution in [0.4, 0.5) is 0 Å². The first-order valence-corrected chi connectivity index (χ1v) is 7.14. The lowest BCUT2D eigenvalue weighted by atomic mass is 9.99. The van der Waals surface area contributed by atoms with Crippen molar-refractivity contribution in [2.75, 3.05) is 0 Å². The number of rotatable bonds is 3. The highest BCUT2D eigenvalue weighted by Gasteiger charge is 2.07. The van der Waals surface area contributed by atoms with Gasteiger partial charge >= 0.3 is 0 Å². The van der Waals surface area contributed by atoms with Crippen LogP contribution in [0.3, 0.4) is 0 Å². The van der Waals surface area contributed by atoms with Gasteiger partial charge in [0.15, 0.2) is 0 Å². The van der Waals surface area contributed by atoms with Gasteiger partial charge in [-0.05, 0) is 29.3 Å². The number of benzene rings is 2. The van der Waals surface area contributed by atoms with Gasteiger partial charge in [-0.1, -0.05) is 65.7 Å². The number of nitrogens with zero attached hydrogens (tertiary/aromatic N) is 2. The molecule has 2 aromatic rings. The highest BCUT2D eigenvalue weighted by molar-refractivity contribution is 6.32. The summed E-state index contributed by atoms with van der Waals surface area (Å²) in [4.78, 5) is 0. The number of hydrogen-bond donors (Lipinski definition) is 0. The molecule has 0 bridgehead atoms. The Kier molecular flexibility index (Phi) is 5.39. The van der Waals surface area contributed by atoms with Crippen molar-refractivity contribution >= 4 is 34.9 Å². The van der Waals surface area contributed by atoms with Crippen LogP contribution in [0.5, 0.6) is 0 Å². The molecule has 0 aromatic heterocycles. The zero-order valence-corrected chi connectivity index (χ0v) is 12.9. The second kappa shape index (κ2) is 7.48. The lowest BCUT2D eigenvalue weighted by Crippen LogP contribution is -1.86. The molecule has 0 aliphatic heterocycles. The van der Waals surface area contributed by atoms with Gasteiger partial charge in [0, 0.05) is 15.6 Å². The van der Waals surface area contributed by atoms with Crippen LogP contribution in [0.2, 0.25) is 10.0 Å². The second-order valence-electron chi connectivity index (χ2n) is 4.37. The monoisotopic (exact) mass is 324 g/mol. The summed E-state index contributed by atoms with van der Waals surface area (Å²) < 4.78 is 0. The smallest absolute Gasteiger partial charge is 0.137 e. The number of halogens is 2. The average Bonchev–Trinajstić information content (AvgIpc) is 2.54. The Morgan fingerprint density at radius 1 is 0.909 bits per heavy atom. The molecule has 0 heterocycles. The average molecular weight is 325 g/mol. The van der Waals surface area contributed by atoms with Gasteiger partial charge in [-0.25, -0.2) is 0 Å². The molecule has 22 heavy (non-hydrogen) atoms. The molecular formula is C18H10Cl2N2. The molecule has 2 nitrogen and oxygen atoms in total. The third-order valence-electron chi connectivity index (χ3n) is 2.98. The van der Waals surface area contributed by atoms with Crippen LogP contribution in [0.15, 0.2) is 60.2 Å². The highest BCUT2D eigenvalue weighted by atomic mass is 35.5. The summed E-state index contributed by atoms with van der Waals surface area (Å²) in [7, 11) is 0. The third-order valence-corrected chi connectivity index (χ3v) is 3.58. The van der Waals surface area contributed by atoms with Gasteiger partial charge in [0.05, 0.1) is 0 Å². The lowest BCUT2D eigenvalue weighted by molar-refractivity contribution is 1.46. The fourth-order valence-electron chi connectivity index (χ4n) is 1.88. The first-order valence-electron chi connectivity index (χ1n) is 6.38. The van der Waals surface area contributed by atoms with E-state index in [9.17, 15) is 0 Å². The highest BCUT2D eigenvalue weighted by Crippen LogP contribution is 2.24. The predicted molar refractivity (Wildman–Crippen MR) is 90.1 cm³/mol. The van der Waals surface area contributed by atoms with Crippen molar-refractivity contribution in [2.24, 2.45) is 0 Å². The van der Waals surface area contributed by atoms with Gasteiger partial charge < -0.3 is 0 Å². The lowest BCUT2D eigenvalue weighted by Gasteiger charge is -2.04. The maximum absolute atomic E-state index is 9.15. The van der Waals surface area contributed by atoms with Crippen LogP contribution in [-0.2, 0) is 0 Å². The molecule has 0 fully saturated rings. The van der Waals surface area contributed by atoms with E-state index in [2.05, 4.69) is 0 Å². The minimum atomic E-state index is 0.0330. The van der Waals surface area contributed by atoms with Gasteiger partial charge in [-0.2, -0.15) is 10.5 Å². The molecule has 0 atom stereocenters. The van der Waals surface area contributed by atoms with Crippen molar-refractivity contribution in [1.82, 2.24) is 0 Å². The van der Waals surface area contributed by atoms with E-state index in [1.54, 1.807) is 42.5 Å². The van der Waals surface area contributed by atoms with Crippen molar-refractivity contribution in [1.29, 1.82) is 10.5 Å². The summed E-state index contributed by atoms with van der Waals surface area (Å²) in [5.74, 6) is 0. The van der Waals surface area contributed by atoms with Crippen LogP contribution in [0, 0.1) is 22.7 Å². The molecule has 2 rings (SSSR count). The molecule has 0 amide bonds. The van der Waals surface area contributed by atoms with Crippen molar-refractivity contribution in [3.05, 3.63) is 81.4 Å². The van der Waals surface area contributed by atoms with Crippen molar-refractivity contribution < 1.29 is 0 Å². The Hall–Kier alpha value is -2.52. The Morgan fingerprint density at radius 2 is 1.55 bits per heavy atom. The number of allylic oxidation sites excluding steroid dienone is 3. The van der Waals surface area contributed by atoms with E-state index in [0.29, 0.717) is 15.6 Å². The topological polar surface area (TPSA) is 47.6 Å². The van der Waals surface area contributed by atoms with Crippen molar-refractivity contribution in [3.63, 3.8) is 0 Å². The minimum Gasteiger partial charge on any atom is -0.192 e. The van der Waals surface area contributed by atoms with Crippen LogP contribution in [0.25, 0.3) is 11.6 Å². The van der Waals surface area contributed by atoms with Gasteiger partial charge in [-0.3, -0.25) is 0 Å².